The minimum Gasteiger partial charge on any atom is -0.365 e. The number of nitrogens with two attached hydrogens (primary N) is 1. The van der Waals surface area contributed by atoms with Gasteiger partial charge in [0.1, 0.15) is 11.6 Å². The third kappa shape index (κ3) is 1.44. The van der Waals surface area contributed by atoms with Gasteiger partial charge < -0.3 is 5.73 Å². The summed E-state index contributed by atoms with van der Waals surface area (Å²) in [6.07, 6.45) is 8.38. The SMILES string of the molecule is N#C/C(=C\[C@@H]1C[C@@H]2C=C[C@@H]1C2)C(N)=O. The second-order valence-electron chi connectivity index (χ2n) is 4.00. The highest BCUT2D eigenvalue weighted by atomic mass is 16.1. The molecular weight excluding hydrogens is 176 g/mol. The molecule has 2 aliphatic rings. The van der Waals surface area contributed by atoms with Crippen molar-refractivity contribution in [2.75, 3.05) is 0 Å². The van der Waals surface area contributed by atoms with Gasteiger partial charge in [0.2, 0.25) is 0 Å². The minimum absolute atomic E-state index is 0.107. The van der Waals surface area contributed by atoms with Crippen molar-refractivity contribution in [1.29, 1.82) is 5.26 Å². The molecule has 3 heteroatoms. The quantitative estimate of drug-likeness (QED) is 0.401. The van der Waals surface area contributed by atoms with E-state index in [0.717, 1.165) is 6.42 Å². The molecule has 72 valence electrons. The number of hydrogen-bond donors (Lipinski definition) is 1. The second kappa shape index (κ2) is 3.30. The van der Waals surface area contributed by atoms with E-state index in [1.807, 2.05) is 6.07 Å². The fraction of sp³-hybridized carbons (Fsp3) is 0.455. The van der Waals surface area contributed by atoms with Gasteiger partial charge in [-0.15, -0.1) is 0 Å². The summed E-state index contributed by atoms with van der Waals surface area (Å²) >= 11 is 0. The Kier molecular flexibility index (Phi) is 2.12. The molecule has 14 heavy (non-hydrogen) atoms. The predicted octanol–water partition coefficient (Wildman–Crippen LogP) is 1.13. The molecule has 0 unspecified atom stereocenters. The average molecular weight is 188 g/mol. The molecule has 3 nitrogen and oxygen atoms in total. The summed E-state index contributed by atoms with van der Waals surface area (Å²) in [6, 6.07) is 1.85. The molecule has 2 rings (SSSR count). The Hall–Kier alpha value is -1.56. The van der Waals surface area contributed by atoms with Gasteiger partial charge in [0.05, 0.1) is 0 Å². The van der Waals surface area contributed by atoms with Crippen LogP contribution < -0.4 is 5.73 Å². The van der Waals surface area contributed by atoms with E-state index in [9.17, 15) is 4.79 Å². The molecule has 0 radical (unpaired) electrons. The van der Waals surface area contributed by atoms with E-state index in [0.29, 0.717) is 17.8 Å². The number of primary amides is 1. The minimum atomic E-state index is -0.612. The van der Waals surface area contributed by atoms with Gasteiger partial charge in [-0.05, 0) is 30.6 Å². The van der Waals surface area contributed by atoms with Gasteiger partial charge in [0.15, 0.2) is 0 Å². The van der Waals surface area contributed by atoms with Gasteiger partial charge in [0, 0.05) is 0 Å². The van der Waals surface area contributed by atoms with Crippen molar-refractivity contribution in [3.05, 3.63) is 23.8 Å². The molecule has 0 aromatic carbocycles. The van der Waals surface area contributed by atoms with Crippen molar-refractivity contribution in [2.24, 2.45) is 23.5 Å². The van der Waals surface area contributed by atoms with E-state index in [2.05, 4.69) is 12.2 Å². The molecule has 1 saturated carbocycles. The van der Waals surface area contributed by atoms with Crippen LogP contribution in [0.1, 0.15) is 12.8 Å². The van der Waals surface area contributed by atoms with Crippen LogP contribution in [0.5, 0.6) is 0 Å². The lowest BCUT2D eigenvalue weighted by atomic mass is 9.91. The first kappa shape index (κ1) is 9.01. The van der Waals surface area contributed by atoms with Crippen molar-refractivity contribution in [2.45, 2.75) is 12.8 Å². The number of allylic oxidation sites excluding steroid dienone is 3. The van der Waals surface area contributed by atoms with Crippen molar-refractivity contribution in [1.82, 2.24) is 0 Å². The molecule has 3 atom stereocenters. The summed E-state index contributed by atoms with van der Waals surface area (Å²) in [5, 5.41) is 8.69. The molecule has 1 amide bonds. The first-order chi connectivity index (χ1) is 6.70. The lowest BCUT2D eigenvalue weighted by Crippen LogP contribution is -2.15. The van der Waals surface area contributed by atoms with E-state index >= 15 is 0 Å². The summed E-state index contributed by atoms with van der Waals surface area (Å²) in [6.45, 7) is 0. The largest absolute Gasteiger partial charge is 0.365 e. The van der Waals surface area contributed by atoms with Crippen LogP contribution in [0.15, 0.2) is 23.8 Å². The van der Waals surface area contributed by atoms with Gasteiger partial charge in [-0.1, -0.05) is 18.2 Å². The number of rotatable bonds is 2. The molecule has 0 aromatic rings. The Labute approximate surface area is 82.9 Å². The van der Waals surface area contributed by atoms with E-state index in [4.69, 9.17) is 11.0 Å². The van der Waals surface area contributed by atoms with Gasteiger partial charge in [0.25, 0.3) is 5.91 Å². The summed E-state index contributed by atoms with van der Waals surface area (Å²) < 4.78 is 0. The third-order valence-corrected chi connectivity index (χ3v) is 3.10. The maximum Gasteiger partial charge on any atom is 0.259 e. The number of fused-ring (bicyclic) bond motifs is 2. The zero-order valence-electron chi connectivity index (χ0n) is 7.81. The van der Waals surface area contributed by atoms with Crippen molar-refractivity contribution in [3.8, 4) is 6.07 Å². The summed E-state index contributed by atoms with van der Waals surface area (Å²) in [4.78, 5) is 10.8. The topological polar surface area (TPSA) is 66.9 Å². The van der Waals surface area contributed by atoms with E-state index in [1.165, 1.54) is 6.42 Å². The smallest absolute Gasteiger partial charge is 0.259 e. The van der Waals surface area contributed by atoms with Crippen LogP contribution in [0, 0.1) is 29.1 Å². The Balaban J connectivity index is 2.15. The van der Waals surface area contributed by atoms with Gasteiger partial charge >= 0.3 is 0 Å². The summed E-state index contributed by atoms with van der Waals surface area (Å²) in [5.41, 5.74) is 5.18. The fourth-order valence-electron chi connectivity index (χ4n) is 2.40. The van der Waals surface area contributed by atoms with E-state index in [-0.39, 0.29) is 5.57 Å². The maximum absolute atomic E-state index is 10.8. The van der Waals surface area contributed by atoms with Crippen LogP contribution in [0.3, 0.4) is 0 Å². The first-order valence-corrected chi connectivity index (χ1v) is 4.80. The van der Waals surface area contributed by atoms with Crippen LogP contribution in [0.25, 0.3) is 0 Å². The Morgan fingerprint density at radius 2 is 2.29 bits per heavy atom. The molecule has 0 aromatic heterocycles. The molecular formula is C11H12N2O. The Morgan fingerprint density at radius 3 is 2.71 bits per heavy atom. The number of carbonyl (C=O) groups is 1. The fourth-order valence-corrected chi connectivity index (χ4v) is 2.40. The molecule has 2 bridgehead atoms. The molecule has 0 aliphatic heterocycles. The van der Waals surface area contributed by atoms with Gasteiger partial charge in [-0.2, -0.15) is 5.26 Å². The zero-order chi connectivity index (χ0) is 10.1. The van der Waals surface area contributed by atoms with Crippen LogP contribution in [-0.4, -0.2) is 5.91 Å². The second-order valence-corrected chi connectivity index (χ2v) is 4.00. The van der Waals surface area contributed by atoms with E-state index < -0.39 is 5.91 Å². The maximum atomic E-state index is 10.8. The molecule has 2 N–H and O–H groups in total. The van der Waals surface area contributed by atoms with E-state index in [1.54, 1.807) is 6.08 Å². The number of amides is 1. The lowest BCUT2D eigenvalue weighted by molar-refractivity contribution is -0.114. The van der Waals surface area contributed by atoms with Crippen LogP contribution in [0.2, 0.25) is 0 Å². The molecule has 1 fully saturated rings. The monoisotopic (exact) mass is 188 g/mol. The van der Waals surface area contributed by atoms with Crippen molar-refractivity contribution in [3.63, 3.8) is 0 Å². The summed E-state index contributed by atoms with van der Waals surface area (Å²) in [5.74, 6) is 0.892. The number of nitriles is 1. The number of hydrogen-bond acceptors (Lipinski definition) is 2. The Bertz CT molecular complexity index is 362. The zero-order valence-corrected chi connectivity index (χ0v) is 7.81. The molecule has 2 aliphatic carbocycles. The Morgan fingerprint density at radius 1 is 1.50 bits per heavy atom. The van der Waals surface area contributed by atoms with Crippen LogP contribution in [0.4, 0.5) is 0 Å². The summed E-state index contributed by atoms with van der Waals surface area (Å²) in [7, 11) is 0. The highest BCUT2D eigenvalue weighted by molar-refractivity contribution is 5.95. The average Bonchev–Trinajstić information content (AvgIpc) is 2.74. The molecule has 0 heterocycles. The molecule has 0 spiro atoms. The van der Waals surface area contributed by atoms with Gasteiger partial charge in [-0.25, -0.2) is 0 Å². The highest BCUT2D eigenvalue weighted by Crippen LogP contribution is 2.44. The number of carbonyl (C=O) groups excluding carboxylic acids is 1. The van der Waals surface area contributed by atoms with Crippen molar-refractivity contribution < 1.29 is 4.79 Å². The lowest BCUT2D eigenvalue weighted by Gasteiger charge is -2.13. The number of nitrogens with zero attached hydrogens (tertiary/aromatic N) is 1. The predicted molar refractivity (Wildman–Crippen MR) is 51.7 cm³/mol. The molecule has 0 saturated heterocycles. The van der Waals surface area contributed by atoms with Crippen LogP contribution in [-0.2, 0) is 4.79 Å². The normalized spacial score (nSPS) is 34.5. The standard InChI is InChI=1S/C11H12N2O/c12-6-10(11(13)14)5-9-4-7-1-2-8(9)3-7/h1-2,5,7-9H,3-4H2,(H2,13,14)/b10-5+/t7-,8-,9+/m1/s1. The first-order valence-electron chi connectivity index (χ1n) is 4.80. The van der Waals surface area contributed by atoms with Crippen LogP contribution >= 0.6 is 0 Å². The van der Waals surface area contributed by atoms with Crippen molar-refractivity contribution >= 4 is 5.91 Å². The third-order valence-electron chi connectivity index (χ3n) is 3.10. The van der Waals surface area contributed by atoms with Gasteiger partial charge in [-0.3, -0.25) is 4.79 Å². The highest BCUT2D eigenvalue weighted by Gasteiger charge is 2.34.